The first kappa shape index (κ1) is 12.9. The molecule has 1 N–H and O–H groups in total. The van der Waals surface area contributed by atoms with Crippen molar-refractivity contribution in [2.45, 2.75) is 25.4 Å². The average Bonchev–Trinajstić information content (AvgIpc) is 2.58. The van der Waals surface area contributed by atoms with Gasteiger partial charge in [-0.1, -0.05) is 29.8 Å². The molecule has 1 fully saturated rings. The molecule has 2 atom stereocenters. The van der Waals surface area contributed by atoms with Gasteiger partial charge >= 0.3 is 0 Å². The SMILES string of the molecule is C[C@H](NC1CCS(=O)(=O)C1)c1ccccc1Cl. The van der Waals surface area contributed by atoms with Gasteiger partial charge in [0.1, 0.15) is 0 Å². The van der Waals surface area contributed by atoms with Crippen molar-refractivity contribution in [3.63, 3.8) is 0 Å². The van der Waals surface area contributed by atoms with Gasteiger partial charge in [0.15, 0.2) is 9.84 Å². The van der Waals surface area contributed by atoms with Crippen LogP contribution in [0.25, 0.3) is 0 Å². The highest BCUT2D eigenvalue weighted by molar-refractivity contribution is 7.91. The number of sulfone groups is 1. The van der Waals surface area contributed by atoms with Crippen molar-refractivity contribution >= 4 is 21.4 Å². The van der Waals surface area contributed by atoms with Crippen molar-refractivity contribution in [1.82, 2.24) is 5.32 Å². The van der Waals surface area contributed by atoms with Gasteiger partial charge in [-0.25, -0.2) is 8.42 Å². The minimum atomic E-state index is -2.83. The number of rotatable bonds is 3. The first-order valence-corrected chi connectivity index (χ1v) is 7.89. The van der Waals surface area contributed by atoms with Crippen molar-refractivity contribution in [2.24, 2.45) is 0 Å². The summed E-state index contributed by atoms with van der Waals surface area (Å²) in [6, 6.07) is 7.75. The summed E-state index contributed by atoms with van der Waals surface area (Å²) in [7, 11) is -2.83. The Balaban J connectivity index is 2.03. The molecule has 0 amide bonds. The molecule has 2 rings (SSSR count). The molecular formula is C12H16ClNO2S. The lowest BCUT2D eigenvalue weighted by atomic mass is 10.1. The Morgan fingerprint density at radius 2 is 2.12 bits per heavy atom. The van der Waals surface area contributed by atoms with E-state index in [1.54, 1.807) is 0 Å². The van der Waals surface area contributed by atoms with E-state index in [0.717, 1.165) is 5.56 Å². The van der Waals surface area contributed by atoms with Crippen LogP contribution in [0, 0.1) is 0 Å². The second-order valence-electron chi connectivity index (χ2n) is 4.51. The van der Waals surface area contributed by atoms with Crippen LogP contribution < -0.4 is 5.32 Å². The van der Waals surface area contributed by atoms with Crippen LogP contribution in [-0.2, 0) is 9.84 Å². The molecule has 0 aromatic heterocycles. The van der Waals surface area contributed by atoms with E-state index in [2.05, 4.69) is 5.32 Å². The molecular weight excluding hydrogens is 258 g/mol. The van der Waals surface area contributed by atoms with Crippen molar-refractivity contribution < 1.29 is 8.42 Å². The minimum Gasteiger partial charge on any atom is -0.306 e. The maximum atomic E-state index is 11.4. The molecule has 1 aromatic carbocycles. The minimum absolute atomic E-state index is 0.0475. The predicted octanol–water partition coefficient (Wildman–Crippen LogP) is 2.18. The Labute approximate surface area is 107 Å². The molecule has 1 aliphatic rings. The van der Waals surface area contributed by atoms with Crippen LogP contribution in [0.4, 0.5) is 0 Å². The molecule has 0 saturated carbocycles. The molecule has 0 radical (unpaired) electrons. The third-order valence-electron chi connectivity index (χ3n) is 3.09. The molecule has 0 aliphatic carbocycles. The van der Waals surface area contributed by atoms with E-state index in [4.69, 9.17) is 11.6 Å². The molecule has 1 heterocycles. The summed E-state index contributed by atoms with van der Waals surface area (Å²) in [6.45, 7) is 2.01. The number of nitrogens with one attached hydrogen (secondary N) is 1. The van der Waals surface area contributed by atoms with E-state index >= 15 is 0 Å². The summed E-state index contributed by atoms with van der Waals surface area (Å²) in [5.41, 5.74) is 1.01. The van der Waals surface area contributed by atoms with Gasteiger partial charge < -0.3 is 5.32 Å². The van der Waals surface area contributed by atoms with Crippen LogP contribution in [-0.4, -0.2) is 26.0 Å². The monoisotopic (exact) mass is 273 g/mol. The topological polar surface area (TPSA) is 46.2 Å². The van der Waals surface area contributed by atoms with Crippen molar-refractivity contribution in [3.8, 4) is 0 Å². The van der Waals surface area contributed by atoms with Gasteiger partial charge in [0, 0.05) is 17.1 Å². The number of hydrogen-bond acceptors (Lipinski definition) is 3. The highest BCUT2D eigenvalue weighted by Crippen LogP contribution is 2.24. The smallest absolute Gasteiger partial charge is 0.151 e. The zero-order valence-electron chi connectivity index (χ0n) is 9.69. The van der Waals surface area contributed by atoms with E-state index in [-0.39, 0.29) is 17.8 Å². The highest BCUT2D eigenvalue weighted by atomic mass is 35.5. The lowest BCUT2D eigenvalue weighted by Crippen LogP contribution is -2.32. The van der Waals surface area contributed by atoms with E-state index < -0.39 is 9.84 Å². The van der Waals surface area contributed by atoms with Gasteiger partial charge in [-0.2, -0.15) is 0 Å². The summed E-state index contributed by atoms with van der Waals surface area (Å²) in [5, 5.41) is 4.04. The Hall–Kier alpha value is -0.580. The summed E-state index contributed by atoms with van der Waals surface area (Å²) >= 11 is 6.10. The Morgan fingerprint density at radius 1 is 1.41 bits per heavy atom. The van der Waals surface area contributed by atoms with Gasteiger partial charge in [-0.3, -0.25) is 0 Å². The Kier molecular flexibility index (Phi) is 3.76. The third-order valence-corrected chi connectivity index (χ3v) is 5.20. The molecule has 1 saturated heterocycles. The zero-order chi connectivity index (χ0) is 12.5. The molecule has 3 nitrogen and oxygen atoms in total. The fourth-order valence-electron chi connectivity index (χ4n) is 2.20. The van der Waals surface area contributed by atoms with Gasteiger partial charge in [0.25, 0.3) is 0 Å². The summed E-state index contributed by atoms with van der Waals surface area (Å²) in [4.78, 5) is 0. The zero-order valence-corrected chi connectivity index (χ0v) is 11.3. The lowest BCUT2D eigenvalue weighted by molar-refractivity contribution is 0.485. The van der Waals surface area contributed by atoms with Crippen LogP contribution in [0.3, 0.4) is 0 Å². The molecule has 0 bridgehead atoms. The third kappa shape index (κ3) is 3.21. The average molecular weight is 274 g/mol. The number of hydrogen-bond donors (Lipinski definition) is 1. The van der Waals surface area contributed by atoms with Crippen LogP contribution in [0.2, 0.25) is 5.02 Å². The maximum Gasteiger partial charge on any atom is 0.151 e. The highest BCUT2D eigenvalue weighted by Gasteiger charge is 2.28. The normalized spacial score (nSPS) is 24.7. The maximum absolute atomic E-state index is 11.4. The first-order chi connectivity index (χ1) is 7.98. The predicted molar refractivity (Wildman–Crippen MR) is 70.1 cm³/mol. The molecule has 94 valence electrons. The molecule has 1 aliphatic heterocycles. The van der Waals surface area contributed by atoms with E-state index in [1.807, 2.05) is 31.2 Å². The lowest BCUT2D eigenvalue weighted by Gasteiger charge is -2.19. The van der Waals surface area contributed by atoms with Crippen LogP contribution >= 0.6 is 11.6 Å². The van der Waals surface area contributed by atoms with Crippen molar-refractivity contribution in [1.29, 1.82) is 0 Å². The van der Waals surface area contributed by atoms with Crippen molar-refractivity contribution in [3.05, 3.63) is 34.9 Å². The quantitative estimate of drug-likeness (QED) is 0.918. The molecule has 5 heteroatoms. The fourth-order valence-corrected chi connectivity index (χ4v) is 4.18. The number of benzene rings is 1. The van der Waals surface area contributed by atoms with Crippen molar-refractivity contribution in [2.75, 3.05) is 11.5 Å². The van der Waals surface area contributed by atoms with Crippen LogP contribution in [0.5, 0.6) is 0 Å². The van der Waals surface area contributed by atoms with Gasteiger partial charge in [0.2, 0.25) is 0 Å². The molecule has 17 heavy (non-hydrogen) atoms. The second-order valence-corrected chi connectivity index (χ2v) is 7.15. The largest absolute Gasteiger partial charge is 0.306 e. The second kappa shape index (κ2) is 4.96. The van der Waals surface area contributed by atoms with Crippen LogP contribution in [0.15, 0.2) is 24.3 Å². The molecule has 0 spiro atoms. The van der Waals surface area contributed by atoms with Gasteiger partial charge in [-0.15, -0.1) is 0 Å². The van der Waals surface area contributed by atoms with E-state index in [0.29, 0.717) is 17.2 Å². The molecule has 1 aromatic rings. The molecule has 1 unspecified atom stereocenters. The van der Waals surface area contributed by atoms with Gasteiger partial charge in [0.05, 0.1) is 11.5 Å². The van der Waals surface area contributed by atoms with Gasteiger partial charge in [-0.05, 0) is 25.0 Å². The Morgan fingerprint density at radius 3 is 2.71 bits per heavy atom. The van der Waals surface area contributed by atoms with E-state index in [9.17, 15) is 8.42 Å². The summed E-state index contributed by atoms with van der Waals surface area (Å²) in [5.74, 6) is 0.529. The Bertz CT molecular complexity index is 501. The first-order valence-electron chi connectivity index (χ1n) is 5.69. The summed E-state index contributed by atoms with van der Waals surface area (Å²) in [6.07, 6.45) is 0.692. The number of halogens is 1. The van der Waals surface area contributed by atoms with E-state index in [1.165, 1.54) is 0 Å². The fraction of sp³-hybridized carbons (Fsp3) is 0.500. The standard InChI is InChI=1S/C12H16ClNO2S/c1-9(11-4-2-3-5-12(11)13)14-10-6-7-17(15,16)8-10/h2-5,9-10,14H,6-8H2,1H3/t9-,10?/m0/s1. The van der Waals surface area contributed by atoms with Crippen LogP contribution in [0.1, 0.15) is 24.9 Å². The summed E-state index contributed by atoms with van der Waals surface area (Å²) < 4.78 is 22.7.